The van der Waals surface area contributed by atoms with Crippen LogP contribution in [0.3, 0.4) is 0 Å². The fourth-order valence-corrected chi connectivity index (χ4v) is 3.35. The maximum absolute atomic E-state index is 4.20. The van der Waals surface area contributed by atoms with Gasteiger partial charge in [-0.05, 0) is 29.3 Å². The molecular weight excluding hydrogens is 276 g/mol. The van der Waals surface area contributed by atoms with E-state index < -0.39 is 0 Å². The average Bonchev–Trinajstić information content (AvgIpc) is 3.04. The zero-order valence-electron chi connectivity index (χ0n) is 12.3. The summed E-state index contributed by atoms with van der Waals surface area (Å²) in [6.07, 6.45) is 4.12. The van der Waals surface area contributed by atoms with Crippen molar-refractivity contribution in [3.63, 3.8) is 0 Å². The molecule has 3 rings (SSSR count). The molecule has 1 atom stereocenters. The van der Waals surface area contributed by atoms with Crippen LogP contribution >= 0.6 is 11.3 Å². The second kappa shape index (κ2) is 6.83. The van der Waals surface area contributed by atoms with Crippen molar-refractivity contribution in [1.82, 2.24) is 10.3 Å². The molecule has 0 bridgehead atoms. The summed E-state index contributed by atoms with van der Waals surface area (Å²) < 4.78 is 0. The Morgan fingerprint density at radius 2 is 2.00 bits per heavy atom. The van der Waals surface area contributed by atoms with E-state index in [2.05, 4.69) is 59.7 Å². The van der Waals surface area contributed by atoms with Gasteiger partial charge in [-0.15, -0.1) is 11.3 Å². The van der Waals surface area contributed by atoms with Crippen molar-refractivity contribution in [1.29, 1.82) is 0 Å². The number of benzene rings is 2. The van der Waals surface area contributed by atoms with Gasteiger partial charge in [-0.25, -0.2) is 0 Å². The molecule has 0 fully saturated rings. The van der Waals surface area contributed by atoms with Gasteiger partial charge in [0.05, 0.1) is 5.51 Å². The molecule has 0 aliphatic carbocycles. The summed E-state index contributed by atoms with van der Waals surface area (Å²) in [5.74, 6) is 0. The summed E-state index contributed by atoms with van der Waals surface area (Å²) in [6.45, 7) is 3.24. The number of thiazole rings is 1. The van der Waals surface area contributed by atoms with E-state index >= 15 is 0 Å². The fourth-order valence-electron chi connectivity index (χ4n) is 2.71. The van der Waals surface area contributed by atoms with Crippen molar-refractivity contribution in [3.05, 3.63) is 64.6 Å². The number of aromatic nitrogens is 1. The topological polar surface area (TPSA) is 24.9 Å². The molecule has 0 saturated heterocycles. The lowest BCUT2D eigenvalue weighted by Gasteiger charge is -2.20. The Balaban J connectivity index is 1.97. The van der Waals surface area contributed by atoms with Crippen LogP contribution in [-0.2, 0) is 6.42 Å². The molecule has 2 nitrogen and oxygen atoms in total. The Morgan fingerprint density at radius 1 is 1.14 bits per heavy atom. The summed E-state index contributed by atoms with van der Waals surface area (Å²) in [5.41, 5.74) is 3.30. The largest absolute Gasteiger partial charge is 0.310 e. The van der Waals surface area contributed by atoms with Gasteiger partial charge >= 0.3 is 0 Å². The van der Waals surface area contributed by atoms with Gasteiger partial charge in [0.15, 0.2) is 0 Å². The highest BCUT2D eigenvalue weighted by molar-refractivity contribution is 7.09. The lowest BCUT2D eigenvalue weighted by atomic mass is 9.96. The third kappa shape index (κ3) is 3.31. The Kier molecular flexibility index (Phi) is 4.63. The van der Waals surface area contributed by atoms with E-state index in [1.165, 1.54) is 21.2 Å². The van der Waals surface area contributed by atoms with Crippen LogP contribution in [-0.4, -0.2) is 11.5 Å². The third-order valence-electron chi connectivity index (χ3n) is 3.73. The van der Waals surface area contributed by atoms with E-state index in [0.717, 1.165) is 19.4 Å². The van der Waals surface area contributed by atoms with Gasteiger partial charge in [0.2, 0.25) is 0 Å². The molecule has 0 radical (unpaired) electrons. The second-order valence-corrected chi connectivity index (χ2v) is 6.22. The van der Waals surface area contributed by atoms with Crippen LogP contribution in [0.25, 0.3) is 10.8 Å². The van der Waals surface area contributed by atoms with Gasteiger partial charge in [-0.2, -0.15) is 0 Å². The van der Waals surface area contributed by atoms with Crippen molar-refractivity contribution in [3.8, 4) is 0 Å². The smallest absolute Gasteiger partial charge is 0.0794 e. The molecule has 1 aromatic heterocycles. The highest BCUT2D eigenvalue weighted by atomic mass is 32.1. The lowest BCUT2D eigenvalue weighted by molar-refractivity contribution is 0.535. The summed E-state index contributed by atoms with van der Waals surface area (Å²) in [4.78, 5) is 5.53. The minimum Gasteiger partial charge on any atom is -0.310 e. The third-order valence-corrected chi connectivity index (χ3v) is 4.53. The molecule has 0 aliphatic heterocycles. The van der Waals surface area contributed by atoms with Crippen molar-refractivity contribution >= 4 is 22.1 Å². The number of nitrogens with zero attached hydrogens (tertiary/aromatic N) is 1. The van der Waals surface area contributed by atoms with Crippen molar-refractivity contribution in [2.24, 2.45) is 0 Å². The van der Waals surface area contributed by atoms with E-state index in [9.17, 15) is 0 Å². The molecule has 0 spiro atoms. The van der Waals surface area contributed by atoms with Crippen LogP contribution in [0, 0.1) is 0 Å². The first-order valence-electron chi connectivity index (χ1n) is 7.47. The van der Waals surface area contributed by atoms with Crippen molar-refractivity contribution in [2.45, 2.75) is 25.8 Å². The van der Waals surface area contributed by atoms with Gasteiger partial charge in [0.25, 0.3) is 0 Å². The molecule has 21 heavy (non-hydrogen) atoms. The monoisotopic (exact) mass is 296 g/mol. The van der Waals surface area contributed by atoms with Crippen LogP contribution in [0.5, 0.6) is 0 Å². The van der Waals surface area contributed by atoms with Crippen molar-refractivity contribution < 1.29 is 0 Å². The second-order valence-electron chi connectivity index (χ2n) is 5.25. The minimum absolute atomic E-state index is 0.344. The molecule has 0 amide bonds. The molecule has 3 aromatic rings. The summed E-state index contributed by atoms with van der Waals surface area (Å²) >= 11 is 1.73. The van der Waals surface area contributed by atoms with Crippen LogP contribution < -0.4 is 5.32 Å². The van der Waals surface area contributed by atoms with Crippen LogP contribution in [0.4, 0.5) is 0 Å². The molecule has 0 saturated carbocycles. The standard InChI is InChI=1S/C18H20N2S/c1-2-10-20-18(11-15-12-19-13-21-15)17-9-5-7-14-6-3-4-8-16(14)17/h3-9,12-13,18,20H,2,10-11H2,1H3. The first-order chi connectivity index (χ1) is 10.4. The van der Waals surface area contributed by atoms with Crippen molar-refractivity contribution in [2.75, 3.05) is 6.54 Å². The molecule has 1 unspecified atom stereocenters. The molecule has 0 aliphatic rings. The predicted molar refractivity (Wildman–Crippen MR) is 90.8 cm³/mol. The average molecular weight is 296 g/mol. The Hall–Kier alpha value is -1.71. The molecule has 1 heterocycles. The van der Waals surface area contributed by atoms with E-state index in [-0.39, 0.29) is 0 Å². The number of fused-ring (bicyclic) bond motifs is 1. The van der Waals surface area contributed by atoms with Gasteiger partial charge in [0, 0.05) is 23.5 Å². The summed E-state index contributed by atoms with van der Waals surface area (Å²) in [7, 11) is 0. The Bertz CT molecular complexity index is 686. The predicted octanol–water partition coefficient (Wildman–Crippen LogP) is 4.58. The summed E-state index contributed by atoms with van der Waals surface area (Å²) in [6, 6.07) is 15.6. The maximum Gasteiger partial charge on any atom is 0.0794 e. The van der Waals surface area contributed by atoms with Crippen LogP contribution in [0.1, 0.15) is 29.8 Å². The van der Waals surface area contributed by atoms with Gasteiger partial charge in [0.1, 0.15) is 0 Å². The van der Waals surface area contributed by atoms with E-state index in [4.69, 9.17) is 0 Å². The summed E-state index contributed by atoms with van der Waals surface area (Å²) in [5, 5.41) is 6.35. The lowest BCUT2D eigenvalue weighted by Crippen LogP contribution is -2.24. The Labute approximate surface area is 129 Å². The van der Waals surface area contributed by atoms with Gasteiger partial charge < -0.3 is 5.32 Å². The molecule has 2 aromatic carbocycles. The fraction of sp³-hybridized carbons (Fsp3) is 0.278. The van der Waals surface area contributed by atoms with E-state index in [0.29, 0.717) is 6.04 Å². The van der Waals surface area contributed by atoms with E-state index in [1.807, 2.05) is 11.7 Å². The van der Waals surface area contributed by atoms with E-state index in [1.54, 1.807) is 11.3 Å². The molecule has 3 heteroatoms. The molecule has 1 N–H and O–H groups in total. The van der Waals surface area contributed by atoms with Gasteiger partial charge in [-0.1, -0.05) is 49.4 Å². The highest BCUT2D eigenvalue weighted by Gasteiger charge is 2.15. The normalized spacial score (nSPS) is 12.6. The maximum atomic E-state index is 4.20. The Morgan fingerprint density at radius 3 is 2.81 bits per heavy atom. The number of nitrogens with one attached hydrogen (secondary N) is 1. The van der Waals surface area contributed by atoms with Crippen LogP contribution in [0.2, 0.25) is 0 Å². The number of rotatable bonds is 6. The first kappa shape index (κ1) is 14.2. The molecule has 108 valence electrons. The van der Waals surface area contributed by atoms with Gasteiger partial charge in [-0.3, -0.25) is 4.98 Å². The minimum atomic E-state index is 0.344. The highest BCUT2D eigenvalue weighted by Crippen LogP contribution is 2.27. The quantitative estimate of drug-likeness (QED) is 0.720. The zero-order valence-corrected chi connectivity index (χ0v) is 13.1. The first-order valence-corrected chi connectivity index (χ1v) is 8.35. The number of hydrogen-bond donors (Lipinski definition) is 1. The molecular formula is C18H20N2S. The van der Waals surface area contributed by atoms with Crippen LogP contribution in [0.15, 0.2) is 54.2 Å². The SMILES string of the molecule is CCCNC(Cc1cncs1)c1cccc2ccccc12. The zero-order chi connectivity index (χ0) is 14.5. The number of hydrogen-bond acceptors (Lipinski definition) is 3.